The van der Waals surface area contributed by atoms with Crippen LogP contribution in [0.15, 0.2) is 36.4 Å². The number of anilines is 1. The molecule has 2 amide bonds. The molecular formula is C19H25N5O4S. The van der Waals surface area contributed by atoms with Gasteiger partial charge in [-0.15, -0.1) is 0 Å². The molecule has 1 aliphatic heterocycles. The number of benzene rings is 1. The first-order valence-electron chi connectivity index (χ1n) is 9.36. The number of carbonyl (C=O) groups excluding carboxylic acids is 2. The van der Waals surface area contributed by atoms with Gasteiger partial charge in [0, 0.05) is 45.7 Å². The Morgan fingerprint density at radius 2 is 1.76 bits per heavy atom. The zero-order valence-corrected chi connectivity index (χ0v) is 17.4. The predicted octanol–water partition coefficient (Wildman–Crippen LogP) is 0.709. The molecule has 0 radical (unpaired) electrons. The normalized spacial score (nSPS) is 15.3. The van der Waals surface area contributed by atoms with Crippen LogP contribution in [0.4, 0.5) is 5.82 Å². The van der Waals surface area contributed by atoms with Gasteiger partial charge in [-0.05, 0) is 12.0 Å². The molecule has 9 nitrogen and oxygen atoms in total. The molecule has 1 aliphatic rings. The molecule has 1 saturated heterocycles. The van der Waals surface area contributed by atoms with E-state index in [9.17, 15) is 18.0 Å². The number of hydrogen-bond donors (Lipinski definition) is 1. The van der Waals surface area contributed by atoms with Crippen LogP contribution in [0.5, 0.6) is 0 Å². The van der Waals surface area contributed by atoms with Crippen molar-refractivity contribution in [3.63, 3.8) is 0 Å². The average molecular weight is 420 g/mol. The summed E-state index contributed by atoms with van der Waals surface area (Å²) in [6.07, 6.45) is 2.11. The lowest BCUT2D eigenvalue weighted by Gasteiger charge is -2.32. The number of hydrogen-bond acceptors (Lipinski definition) is 5. The Balaban J connectivity index is 1.57. The number of sulfonamides is 1. The van der Waals surface area contributed by atoms with E-state index in [-0.39, 0.29) is 30.6 Å². The van der Waals surface area contributed by atoms with Crippen LogP contribution in [0.1, 0.15) is 22.5 Å². The molecule has 2 heterocycles. The highest BCUT2D eigenvalue weighted by Gasteiger charge is 2.28. The zero-order chi connectivity index (χ0) is 21.0. The number of carbonyl (C=O) groups is 2. The van der Waals surface area contributed by atoms with Crippen LogP contribution in [0.3, 0.4) is 0 Å². The van der Waals surface area contributed by atoms with Crippen molar-refractivity contribution in [2.45, 2.75) is 12.8 Å². The smallest absolute Gasteiger partial charge is 0.274 e. The molecule has 0 spiro atoms. The summed E-state index contributed by atoms with van der Waals surface area (Å²) in [5.41, 5.74) is 1.30. The zero-order valence-electron chi connectivity index (χ0n) is 16.5. The monoisotopic (exact) mass is 419 g/mol. The van der Waals surface area contributed by atoms with Gasteiger partial charge in [0.25, 0.3) is 5.91 Å². The van der Waals surface area contributed by atoms with Gasteiger partial charge < -0.3 is 10.2 Å². The van der Waals surface area contributed by atoms with Crippen molar-refractivity contribution in [3.05, 3.63) is 47.7 Å². The summed E-state index contributed by atoms with van der Waals surface area (Å²) in [5.74, 6) is 0.0114. The maximum Gasteiger partial charge on any atom is 0.274 e. The van der Waals surface area contributed by atoms with Crippen molar-refractivity contribution in [2.24, 2.45) is 7.05 Å². The van der Waals surface area contributed by atoms with Gasteiger partial charge in [0.2, 0.25) is 15.9 Å². The van der Waals surface area contributed by atoms with Crippen molar-refractivity contribution in [1.29, 1.82) is 0 Å². The van der Waals surface area contributed by atoms with Gasteiger partial charge in [0.15, 0.2) is 5.69 Å². The summed E-state index contributed by atoms with van der Waals surface area (Å²) < 4.78 is 26.0. The summed E-state index contributed by atoms with van der Waals surface area (Å²) in [6, 6.07) is 11.3. The topological polar surface area (TPSA) is 105 Å². The molecule has 0 atom stereocenters. The first-order chi connectivity index (χ1) is 13.7. The molecule has 156 valence electrons. The number of nitrogens with zero attached hydrogens (tertiary/aromatic N) is 4. The maximum atomic E-state index is 12.7. The summed E-state index contributed by atoms with van der Waals surface area (Å²) in [7, 11) is -1.60. The molecule has 0 aliphatic carbocycles. The Hall–Kier alpha value is -2.72. The van der Waals surface area contributed by atoms with Gasteiger partial charge in [-0.25, -0.2) is 8.42 Å². The van der Waals surface area contributed by atoms with Gasteiger partial charge in [-0.2, -0.15) is 9.40 Å². The van der Waals surface area contributed by atoms with Gasteiger partial charge in [0.1, 0.15) is 5.82 Å². The maximum absolute atomic E-state index is 12.7. The summed E-state index contributed by atoms with van der Waals surface area (Å²) in [4.78, 5) is 26.5. The predicted molar refractivity (Wildman–Crippen MR) is 109 cm³/mol. The molecule has 0 saturated carbocycles. The first-order valence-corrected chi connectivity index (χ1v) is 11.2. The van der Waals surface area contributed by atoms with E-state index in [1.807, 2.05) is 30.3 Å². The molecule has 0 unspecified atom stereocenters. The van der Waals surface area contributed by atoms with Crippen LogP contribution in [0.2, 0.25) is 0 Å². The quantitative estimate of drug-likeness (QED) is 0.743. The van der Waals surface area contributed by atoms with Gasteiger partial charge in [-0.3, -0.25) is 14.3 Å². The minimum atomic E-state index is -3.25. The average Bonchev–Trinajstić information content (AvgIpc) is 3.06. The SMILES string of the molecule is Cn1nc(C(=O)N2CCN(S(C)(=O)=O)CC2)cc1NC(=O)CCc1ccccc1. The Morgan fingerprint density at radius 3 is 2.38 bits per heavy atom. The van der Waals surface area contributed by atoms with E-state index in [1.165, 1.54) is 8.99 Å². The van der Waals surface area contributed by atoms with Crippen LogP contribution in [-0.2, 0) is 28.3 Å². The third kappa shape index (κ3) is 5.42. The van der Waals surface area contributed by atoms with Crippen molar-refractivity contribution in [2.75, 3.05) is 37.8 Å². The van der Waals surface area contributed by atoms with Crippen LogP contribution in [0, 0.1) is 0 Å². The minimum Gasteiger partial charge on any atom is -0.335 e. The molecule has 1 N–H and O–H groups in total. The van der Waals surface area contributed by atoms with Crippen molar-refractivity contribution in [1.82, 2.24) is 19.0 Å². The number of aromatic nitrogens is 2. The Kier molecular flexibility index (Phi) is 6.33. The van der Waals surface area contributed by atoms with E-state index in [1.54, 1.807) is 18.0 Å². The van der Waals surface area contributed by atoms with Crippen LogP contribution < -0.4 is 5.32 Å². The molecule has 10 heteroatoms. The lowest BCUT2D eigenvalue weighted by atomic mass is 10.1. The van der Waals surface area contributed by atoms with Crippen molar-refractivity contribution < 1.29 is 18.0 Å². The largest absolute Gasteiger partial charge is 0.335 e. The van der Waals surface area contributed by atoms with E-state index >= 15 is 0 Å². The number of rotatable bonds is 6. The molecular weight excluding hydrogens is 394 g/mol. The Bertz CT molecular complexity index is 979. The molecule has 2 aromatic rings. The van der Waals surface area contributed by atoms with Gasteiger partial charge in [-0.1, -0.05) is 30.3 Å². The second kappa shape index (κ2) is 8.75. The third-order valence-electron chi connectivity index (χ3n) is 4.84. The third-order valence-corrected chi connectivity index (χ3v) is 6.15. The fourth-order valence-electron chi connectivity index (χ4n) is 3.18. The highest BCUT2D eigenvalue weighted by atomic mass is 32.2. The van der Waals surface area contributed by atoms with Crippen LogP contribution >= 0.6 is 0 Å². The fourth-order valence-corrected chi connectivity index (χ4v) is 4.01. The number of amides is 2. The lowest BCUT2D eigenvalue weighted by molar-refractivity contribution is -0.116. The number of piperazine rings is 1. The second-order valence-electron chi connectivity index (χ2n) is 7.03. The molecule has 0 bridgehead atoms. The van der Waals surface area contributed by atoms with E-state index in [0.29, 0.717) is 31.7 Å². The van der Waals surface area contributed by atoms with E-state index in [4.69, 9.17) is 0 Å². The highest BCUT2D eigenvalue weighted by Crippen LogP contribution is 2.15. The highest BCUT2D eigenvalue weighted by molar-refractivity contribution is 7.88. The number of aryl methyl sites for hydroxylation is 2. The van der Waals surface area contributed by atoms with Crippen LogP contribution in [-0.4, -0.2) is 71.7 Å². The van der Waals surface area contributed by atoms with Gasteiger partial charge >= 0.3 is 0 Å². The van der Waals surface area contributed by atoms with Crippen LogP contribution in [0.25, 0.3) is 0 Å². The summed E-state index contributed by atoms with van der Waals surface area (Å²) in [6.45, 7) is 1.14. The molecule has 29 heavy (non-hydrogen) atoms. The number of nitrogens with one attached hydrogen (secondary N) is 1. The lowest BCUT2D eigenvalue weighted by Crippen LogP contribution is -2.50. The fraction of sp³-hybridized carbons (Fsp3) is 0.421. The van der Waals surface area contributed by atoms with Crippen molar-refractivity contribution >= 4 is 27.7 Å². The molecule has 1 aromatic heterocycles. The van der Waals surface area contributed by atoms with E-state index in [2.05, 4.69) is 10.4 Å². The standard InChI is InChI=1S/C19H25N5O4S/c1-22-17(20-18(25)9-8-15-6-4-3-5-7-15)14-16(21-22)19(26)23-10-12-24(13-11-23)29(2,27)28/h3-7,14H,8-13H2,1-2H3,(H,20,25). The summed E-state index contributed by atoms with van der Waals surface area (Å²) in [5, 5.41) is 6.99. The first kappa shape index (κ1) is 21.0. The second-order valence-corrected chi connectivity index (χ2v) is 9.01. The van der Waals surface area contributed by atoms with E-state index < -0.39 is 10.0 Å². The molecule has 3 rings (SSSR count). The minimum absolute atomic E-state index is 0.155. The Labute approximate surface area is 170 Å². The molecule has 1 aromatic carbocycles. The van der Waals surface area contributed by atoms with Crippen molar-refractivity contribution in [3.8, 4) is 0 Å². The van der Waals surface area contributed by atoms with Gasteiger partial charge in [0.05, 0.1) is 6.26 Å². The summed E-state index contributed by atoms with van der Waals surface area (Å²) >= 11 is 0. The molecule has 1 fully saturated rings. The Morgan fingerprint density at radius 1 is 1.10 bits per heavy atom. The van der Waals surface area contributed by atoms with E-state index in [0.717, 1.165) is 11.8 Å².